The second-order valence-corrected chi connectivity index (χ2v) is 5.75. The third-order valence-corrected chi connectivity index (χ3v) is 3.97. The molecule has 0 spiro atoms. The average molecular weight is 279 g/mol. The number of nitrogens with one attached hydrogen (secondary N) is 1. The maximum absolute atomic E-state index is 11.9. The Morgan fingerprint density at radius 1 is 0.842 bits per heavy atom. The summed E-state index contributed by atoms with van der Waals surface area (Å²) in [6, 6.07) is 11.5. The smallest absolute Gasteiger partial charge is 0.240 e. The summed E-state index contributed by atoms with van der Waals surface area (Å²) in [4.78, 5) is 0.0871. The first-order valence-electron chi connectivity index (χ1n) is 5.54. The standard InChI is InChI=1S/C13H13NO4S/c15-11-3-1-10(2-4-11)9-14-19(17,18)13-7-5-12(16)6-8-13/h1-8,14-16H,9H2. The number of sulfonamides is 1. The molecule has 0 aliphatic heterocycles. The summed E-state index contributed by atoms with van der Waals surface area (Å²) in [5, 5.41) is 18.2. The fraction of sp³-hybridized carbons (Fsp3) is 0.0769. The number of hydrogen-bond donors (Lipinski definition) is 3. The zero-order valence-electron chi connectivity index (χ0n) is 9.95. The van der Waals surface area contributed by atoms with E-state index in [-0.39, 0.29) is 22.9 Å². The lowest BCUT2D eigenvalue weighted by Crippen LogP contribution is -2.23. The van der Waals surface area contributed by atoms with Gasteiger partial charge in [-0.15, -0.1) is 0 Å². The van der Waals surface area contributed by atoms with Crippen LogP contribution in [0.4, 0.5) is 0 Å². The Bertz CT molecular complexity index is 648. The second kappa shape index (κ2) is 5.29. The zero-order chi connectivity index (χ0) is 13.9. The highest BCUT2D eigenvalue weighted by Gasteiger charge is 2.13. The lowest BCUT2D eigenvalue weighted by atomic mass is 10.2. The summed E-state index contributed by atoms with van der Waals surface area (Å²) in [7, 11) is -3.61. The minimum absolute atomic E-state index is 0.0116. The van der Waals surface area contributed by atoms with Crippen LogP contribution in [0.5, 0.6) is 11.5 Å². The quantitative estimate of drug-likeness (QED) is 0.793. The molecule has 19 heavy (non-hydrogen) atoms. The molecular weight excluding hydrogens is 266 g/mol. The summed E-state index contributed by atoms with van der Waals surface area (Å²) < 4.78 is 26.3. The highest BCUT2D eigenvalue weighted by Crippen LogP contribution is 2.15. The Morgan fingerprint density at radius 2 is 1.32 bits per heavy atom. The molecule has 3 N–H and O–H groups in total. The van der Waals surface area contributed by atoms with Crippen LogP contribution in [0, 0.1) is 0 Å². The van der Waals surface area contributed by atoms with Crippen molar-refractivity contribution in [1.82, 2.24) is 4.72 Å². The van der Waals surface area contributed by atoms with Gasteiger partial charge in [-0.25, -0.2) is 13.1 Å². The Morgan fingerprint density at radius 3 is 1.84 bits per heavy atom. The van der Waals surface area contributed by atoms with Crippen molar-refractivity contribution in [2.75, 3.05) is 0 Å². The van der Waals surface area contributed by atoms with Crippen LogP contribution in [0.15, 0.2) is 53.4 Å². The summed E-state index contributed by atoms with van der Waals surface area (Å²) in [6.45, 7) is 0.128. The van der Waals surface area contributed by atoms with E-state index in [0.717, 1.165) is 5.56 Å². The van der Waals surface area contributed by atoms with Crippen LogP contribution in [-0.4, -0.2) is 18.6 Å². The van der Waals surface area contributed by atoms with Crippen molar-refractivity contribution < 1.29 is 18.6 Å². The lowest BCUT2D eigenvalue weighted by Gasteiger charge is -2.07. The number of aromatic hydroxyl groups is 2. The zero-order valence-corrected chi connectivity index (χ0v) is 10.8. The van der Waals surface area contributed by atoms with Gasteiger partial charge in [-0.1, -0.05) is 12.1 Å². The molecule has 0 unspecified atom stereocenters. The maximum atomic E-state index is 11.9. The van der Waals surface area contributed by atoms with Gasteiger partial charge in [0.1, 0.15) is 11.5 Å². The number of phenols is 2. The van der Waals surface area contributed by atoms with Crippen molar-refractivity contribution in [3.8, 4) is 11.5 Å². The SMILES string of the molecule is O=S(=O)(NCc1ccc(O)cc1)c1ccc(O)cc1. The Labute approximate surface area is 111 Å². The molecule has 0 heterocycles. The van der Waals surface area contributed by atoms with Gasteiger partial charge in [0.2, 0.25) is 10.0 Å². The summed E-state index contributed by atoms with van der Waals surface area (Å²) in [5.74, 6) is 0.141. The first-order valence-corrected chi connectivity index (χ1v) is 7.02. The summed E-state index contributed by atoms with van der Waals surface area (Å²) in [5.41, 5.74) is 0.736. The molecule has 0 bridgehead atoms. The van der Waals surface area contributed by atoms with Gasteiger partial charge >= 0.3 is 0 Å². The van der Waals surface area contributed by atoms with Gasteiger partial charge in [0.05, 0.1) is 4.90 Å². The van der Waals surface area contributed by atoms with E-state index in [1.807, 2.05) is 0 Å². The molecule has 0 saturated carbocycles. The van der Waals surface area contributed by atoms with Crippen LogP contribution in [-0.2, 0) is 16.6 Å². The fourth-order valence-electron chi connectivity index (χ4n) is 1.50. The van der Waals surface area contributed by atoms with E-state index in [0.29, 0.717) is 0 Å². The van der Waals surface area contributed by atoms with Crippen molar-refractivity contribution in [2.24, 2.45) is 0 Å². The van der Waals surface area contributed by atoms with Crippen molar-refractivity contribution in [1.29, 1.82) is 0 Å². The van der Waals surface area contributed by atoms with Gasteiger partial charge in [-0.2, -0.15) is 0 Å². The van der Waals surface area contributed by atoms with Crippen molar-refractivity contribution in [3.05, 3.63) is 54.1 Å². The Hall–Kier alpha value is -2.05. The molecule has 2 rings (SSSR count). The van der Waals surface area contributed by atoms with Crippen LogP contribution >= 0.6 is 0 Å². The molecule has 2 aromatic carbocycles. The minimum atomic E-state index is -3.61. The van der Waals surface area contributed by atoms with Crippen LogP contribution in [0.1, 0.15) is 5.56 Å². The Balaban J connectivity index is 2.09. The van der Waals surface area contributed by atoms with Gasteiger partial charge < -0.3 is 10.2 Å². The minimum Gasteiger partial charge on any atom is -0.508 e. The van der Waals surface area contributed by atoms with Crippen molar-refractivity contribution in [2.45, 2.75) is 11.4 Å². The van der Waals surface area contributed by atoms with Crippen molar-refractivity contribution >= 4 is 10.0 Å². The van der Waals surface area contributed by atoms with E-state index in [1.165, 1.54) is 36.4 Å². The number of phenolic OH excluding ortho intramolecular Hbond substituents is 2. The van der Waals surface area contributed by atoms with Gasteiger partial charge in [0.25, 0.3) is 0 Å². The van der Waals surface area contributed by atoms with E-state index in [1.54, 1.807) is 12.1 Å². The van der Waals surface area contributed by atoms with E-state index in [9.17, 15) is 8.42 Å². The van der Waals surface area contributed by atoms with Gasteiger partial charge in [0.15, 0.2) is 0 Å². The predicted molar refractivity (Wildman–Crippen MR) is 70.2 cm³/mol. The summed E-state index contributed by atoms with van der Waals surface area (Å²) >= 11 is 0. The van der Waals surface area contributed by atoms with Crippen molar-refractivity contribution in [3.63, 3.8) is 0 Å². The first kappa shape index (κ1) is 13.4. The Kier molecular flexibility index (Phi) is 3.73. The first-order chi connectivity index (χ1) is 8.97. The monoisotopic (exact) mass is 279 g/mol. The predicted octanol–water partition coefficient (Wildman–Crippen LogP) is 1.58. The molecule has 0 fully saturated rings. The molecule has 5 nitrogen and oxygen atoms in total. The number of benzene rings is 2. The third kappa shape index (κ3) is 3.46. The average Bonchev–Trinajstić information content (AvgIpc) is 2.39. The molecule has 0 radical (unpaired) electrons. The van der Waals surface area contributed by atoms with Gasteiger partial charge in [-0.3, -0.25) is 0 Å². The van der Waals surface area contributed by atoms with Gasteiger partial charge in [-0.05, 0) is 42.0 Å². The topological polar surface area (TPSA) is 86.6 Å². The molecule has 0 aliphatic rings. The highest BCUT2D eigenvalue weighted by molar-refractivity contribution is 7.89. The van der Waals surface area contributed by atoms with E-state index >= 15 is 0 Å². The maximum Gasteiger partial charge on any atom is 0.240 e. The molecule has 0 saturated heterocycles. The third-order valence-electron chi connectivity index (χ3n) is 2.55. The van der Waals surface area contributed by atoms with Crippen LogP contribution in [0.25, 0.3) is 0 Å². The van der Waals surface area contributed by atoms with E-state index in [2.05, 4.69) is 4.72 Å². The second-order valence-electron chi connectivity index (χ2n) is 3.98. The number of rotatable bonds is 4. The van der Waals surface area contributed by atoms with E-state index in [4.69, 9.17) is 10.2 Å². The lowest BCUT2D eigenvalue weighted by molar-refractivity contribution is 0.474. The molecule has 100 valence electrons. The molecule has 2 aromatic rings. The van der Waals surface area contributed by atoms with Crippen LogP contribution < -0.4 is 4.72 Å². The fourth-order valence-corrected chi connectivity index (χ4v) is 2.52. The molecule has 0 aromatic heterocycles. The van der Waals surface area contributed by atoms with Gasteiger partial charge in [0, 0.05) is 6.54 Å². The molecule has 0 aliphatic carbocycles. The molecule has 0 amide bonds. The van der Waals surface area contributed by atoms with Crippen LogP contribution in [0.3, 0.4) is 0 Å². The molecule has 0 atom stereocenters. The summed E-state index contributed by atoms with van der Waals surface area (Å²) in [6.07, 6.45) is 0. The largest absolute Gasteiger partial charge is 0.508 e. The normalized spacial score (nSPS) is 11.4. The highest BCUT2D eigenvalue weighted by atomic mass is 32.2. The number of hydrogen-bond acceptors (Lipinski definition) is 4. The van der Waals surface area contributed by atoms with Crippen LogP contribution in [0.2, 0.25) is 0 Å². The van der Waals surface area contributed by atoms with E-state index < -0.39 is 10.0 Å². The molecule has 6 heteroatoms. The molecular formula is C13H13NO4S.